The van der Waals surface area contributed by atoms with Gasteiger partial charge in [0.2, 0.25) is 5.91 Å². The highest BCUT2D eigenvalue weighted by Gasteiger charge is 2.37. The van der Waals surface area contributed by atoms with Crippen LogP contribution in [0.2, 0.25) is 0 Å². The van der Waals surface area contributed by atoms with E-state index in [1.807, 2.05) is 30.3 Å². The summed E-state index contributed by atoms with van der Waals surface area (Å²) in [7, 11) is 0. The molecule has 0 saturated heterocycles. The number of hydrogen-bond donors (Lipinski definition) is 1. The van der Waals surface area contributed by atoms with Crippen LogP contribution in [-0.2, 0) is 4.79 Å². The molecule has 1 saturated carbocycles. The number of carbonyl (C=O) groups is 1. The van der Waals surface area contributed by atoms with E-state index in [9.17, 15) is 4.79 Å². The molecule has 1 amide bonds. The minimum Gasteiger partial charge on any atom is -0.349 e. The summed E-state index contributed by atoms with van der Waals surface area (Å²) in [6.07, 6.45) is 5.19. The number of carbonyl (C=O) groups excluding carboxylic acids is 1. The van der Waals surface area contributed by atoms with Crippen LogP contribution in [0.25, 0.3) is 0 Å². The molecule has 2 rings (SSSR count). The van der Waals surface area contributed by atoms with Crippen LogP contribution >= 0.6 is 11.6 Å². The summed E-state index contributed by atoms with van der Waals surface area (Å²) >= 11 is 6.23. The second-order valence-electron chi connectivity index (χ2n) is 6.48. The highest BCUT2D eigenvalue weighted by molar-refractivity contribution is 6.18. The maximum atomic E-state index is 12.7. The van der Waals surface area contributed by atoms with Gasteiger partial charge in [0.05, 0.1) is 11.5 Å². The van der Waals surface area contributed by atoms with Crippen LogP contribution in [0.3, 0.4) is 0 Å². The van der Waals surface area contributed by atoms with E-state index in [-0.39, 0.29) is 17.4 Å². The van der Waals surface area contributed by atoms with Crippen LogP contribution in [0.4, 0.5) is 0 Å². The molecule has 0 aromatic heterocycles. The van der Waals surface area contributed by atoms with Crippen molar-refractivity contribution >= 4 is 17.5 Å². The maximum Gasteiger partial charge on any atom is 0.227 e. The van der Waals surface area contributed by atoms with Gasteiger partial charge in [-0.3, -0.25) is 4.79 Å². The van der Waals surface area contributed by atoms with Crippen LogP contribution in [-0.4, -0.2) is 17.3 Å². The van der Waals surface area contributed by atoms with Crippen LogP contribution in [0, 0.1) is 5.92 Å². The van der Waals surface area contributed by atoms with Crippen LogP contribution in [0.1, 0.15) is 57.4 Å². The van der Waals surface area contributed by atoms with E-state index in [4.69, 9.17) is 11.6 Å². The Morgan fingerprint density at radius 1 is 1.43 bits per heavy atom. The molecule has 116 valence electrons. The molecule has 1 aliphatic rings. The Morgan fingerprint density at radius 3 is 2.71 bits per heavy atom. The Kier molecular flexibility index (Phi) is 5.69. The molecule has 2 nitrogen and oxygen atoms in total. The Morgan fingerprint density at radius 2 is 2.14 bits per heavy atom. The van der Waals surface area contributed by atoms with E-state index in [1.165, 1.54) is 6.42 Å². The summed E-state index contributed by atoms with van der Waals surface area (Å²) in [6.45, 7) is 4.31. The SMILES string of the molecule is CCC(C(=O)NC1(CCl)CCCC(C)C1)c1ccccc1. The van der Waals surface area contributed by atoms with Gasteiger partial charge in [-0.15, -0.1) is 11.6 Å². The molecular weight excluding hydrogens is 282 g/mol. The number of halogens is 1. The van der Waals surface area contributed by atoms with Crippen molar-refractivity contribution in [1.82, 2.24) is 5.32 Å². The molecule has 0 aliphatic heterocycles. The van der Waals surface area contributed by atoms with Crippen molar-refractivity contribution in [2.75, 3.05) is 5.88 Å². The fourth-order valence-electron chi connectivity index (χ4n) is 3.53. The van der Waals surface area contributed by atoms with Gasteiger partial charge in [-0.05, 0) is 30.7 Å². The topological polar surface area (TPSA) is 29.1 Å². The van der Waals surface area contributed by atoms with E-state index in [0.717, 1.165) is 31.2 Å². The van der Waals surface area contributed by atoms with Crippen molar-refractivity contribution < 1.29 is 4.79 Å². The molecule has 3 heteroatoms. The third-order valence-electron chi connectivity index (χ3n) is 4.66. The summed E-state index contributed by atoms with van der Waals surface area (Å²) in [5.41, 5.74) is 0.879. The van der Waals surface area contributed by atoms with Crippen molar-refractivity contribution in [1.29, 1.82) is 0 Å². The van der Waals surface area contributed by atoms with Crippen molar-refractivity contribution in [3.8, 4) is 0 Å². The number of nitrogens with one attached hydrogen (secondary N) is 1. The Balaban J connectivity index is 2.11. The van der Waals surface area contributed by atoms with E-state index < -0.39 is 0 Å². The normalized spacial score (nSPS) is 27.1. The maximum absolute atomic E-state index is 12.7. The fourth-order valence-corrected chi connectivity index (χ4v) is 3.84. The average Bonchev–Trinajstić information content (AvgIpc) is 2.49. The zero-order valence-corrected chi connectivity index (χ0v) is 13.8. The predicted octanol–water partition coefficient (Wildman–Crippen LogP) is 4.48. The molecule has 21 heavy (non-hydrogen) atoms. The molecule has 0 bridgehead atoms. The number of alkyl halides is 1. The van der Waals surface area contributed by atoms with E-state index in [1.54, 1.807) is 0 Å². The summed E-state index contributed by atoms with van der Waals surface area (Å²) in [5.74, 6) is 1.19. The largest absolute Gasteiger partial charge is 0.349 e. The molecule has 3 unspecified atom stereocenters. The zero-order valence-electron chi connectivity index (χ0n) is 13.1. The van der Waals surface area contributed by atoms with Gasteiger partial charge in [-0.2, -0.15) is 0 Å². The number of rotatable bonds is 5. The second kappa shape index (κ2) is 7.31. The molecule has 1 aromatic rings. The molecule has 0 heterocycles. The standard InChI is InChI=1S/C18H26ClNO/c1-3-16(15-9-5-4-6-10-15)17(21)20-18(13-19)11-7-8-14(2)12-18/h4-6,9-10,14,16H,3,7-8,11-13H2,1-2H3,(H,20,21). The minimum absolute atomic E-state index is 0.0801. The van der Waals surface area contributed by atoms with Crippen molar-refractivity contribution in [3.05, 3.63) is 35.9 Å². The number of benzene rings is 1. The number of hydrogen-bond acceptors (Lipinski definition) is 1. The lowest BCUT2D eigenvalue weighted by molar-refractivity contribution is -0.124. The minimum atomic E-state index is -0.210. The van der Waals surface area contributed by atoms with Crippen LogP contribution in [0.15, 0.2) is 30.3 Å². The van der Waals surface area contributed by atoms with Crippen molar-refractivity contribution in [2.24, 2.45) is 5.92 Å². The first-order chi connectivity index (χ1) is 10.1. The highest BCUT2D eigenvalue weighted by Crippen LogP contribution is 2.34. The molecule has 1 N–H and O–H groups in total. The third kappa shape index (κ3) is 4.00. The Hall–Kier alpha value is -1.02. The highest BCUT2D eigenvalue weighted by atomic mass is 35.5. The molecule has 1 fully saturated rings. The summed E-state index contributed by atoms with van der Waals surface area (Å²) < 4.78 is 0. The third-order valence-corrected chi connectivity index (χ3v) is 5.17. The van der Waals surface area contributed by atoms with Gasteiger partial charge >= 0.3 is 0 Å². The fraction of sp³-hybridized carbons (Fsp3) is 0.611. The average molecular weight is 308 g/mol. The van der Waals surface area contributed by atoms with Gasteiger partial charge in [0, 0.05) is 5.88 Å². The Bertz CT molecular complexity index is 462. The Labute approximate surface area is 133 Å². The lowest BCUT2D eigenvalue weighted by atomic mass is 9.77. The molecule has 3 atom stereocenters. The molecule has 0 spiro atoms. The van der Waals surface area contributed by atoms with Gasteiger partial charge in [0.1, 0.15) is 0 Å². The molecular formula is C18H26ClNO. The van der Waals surface area contributed by atoms with Crippen molar-refractivity contribution in [3.63, 3.8) is 0 Å². The molecule has 1 aliphatic carbocycles. The van der Waals surface area contributed by atoms with E-state index in [0.29, 0.717) is 11.8 Å². The zero-order chi connectivity index (χ0) is 15.3. The van der Waals surface area contributed by atoms with E-state index >= 15 is 0 Å². The van der Waals surface area contributed by atoms with Gasteiger partial charge in [-0.25, -0.2) is 0 Å². The van der Waals surface area contributed by atoms with Gasteiger partial charge in [-0.1, -0.05) is 57.0 Å². The van der Waals surface area contributed by atoms with E-state index in [2.05, 4.69) is 19.2 Å². The lowest BCUT2D eigenvalue weighted by Crippen LogP contribution is -2.53. The van der Waals surface area contributed by atoms with Gasteiger partial charge in [0.25, 0.3) is 0 Å². The summed E-state index contributed by atoms with van der Waals surface area (Å²) in [5, 5.41) is 3.29. The molecule has 0 radical (unpaired) electrons. The molecule has 1 aromatic carbocycles. The smallest absolute Gasteiger partial charge is 0.227 e. The second-order valence-corrected chi connectivity index (χ2v) is 6.74. The number of amides is 1. The van der Waals surface area contributed by atoms with Crippen LogP contribution < -0.4 is 5.32 Å². The predicted molar refractivity (Wildman–Crippen MR) is 88.7 cm³/mol. The van der Waals surface area contributed by atoms with Gasteiger partial charge < -0.3 is 5.32 Å². The summed E-state index contributed by atoms with van der Waals surface area (Å²) in [6, 6.07) is 10.0. The monoisotopic (exact) mass is 307 g/mol. The summed E-state index contributed by atoms with van der Waals surface area (Å²) in [4.78, 5) is 12.7. The first-order valence-electron chi connectivity index (χ1n) is 8.03. The van der Waals surface area contributed by atoms with Gasteiger partial charge in [0.15, 0.2) is 0 Å². The quantitative estimate of drug-likeness (QED) is 0.798. The first kappa shape index (κ1) is 16.4. The first-order valence-corrected chi connectivity index (χ1v) is 8.56. The lowest BCUT2D eigenvalue weighted by Gasteiger charge is -2.40. The van der Waals surface area contributed by atoms with Crippen LogP contribution in [0.5, 0.6) is 0 Å². The van der Waals surface area contributed by atoms with Crippen molar-refractivity contribution in [2.45, 2.75) is 57.4 Å².